The van der Waals surface area contributed by atoms with Crippen LogP contribution in [-0.2, 0) is 10.9 Å². The summed E-state index contributed by atoms with van der Waals surface area (Å²) in [6.07, 6.45) is -4.08. The van der Waals surface area contributed by atoms with Gasteiger partial charge in [0, 0.05) is 6.20 Å². The van der Waals surface area contributed by atoms with E-state index in [4.69, 9.17) is 5.84 Å². The van der Waals surface area contributed by atoms with Crippen molar-refractivity contribution in [2.24, 2.45) is 5.84 Å². The zero-order valence-electron chi connectivity index (χ0n) is 8.71. The second-order valence-corrected chi connectivity index (χ2v) is 2.82. The van der Waals surface area contributed by atoms with Crippen molar-refractivity contribution in [1.82, 2.24) is 9.97 Å². The molecule has 3 N–H and O–H groups in total. The highest BCUT2D eigenvalue weighted by Crippen LogP contribution is 2.30. The molecule has 1 aromatic rings. The molecule has 6 nitrogen and oxygen atoms in total. The van der Waals surface area contributed by atoms with Crippen LogP contribution in [0.2, 0.25) is 0 Å². The Morgan fingerprint density at radius 1 is 1.59 bits per heavy atom. The molecule has 9 heteroatoms. The minimum atomic E-state index is -4.80. The van der Waals surface area contributed by atoms with E-state index in [2.05, 4.69) is 14.7 Å². The molecule has 0 aromatic carbocycles. The second-order valence-electron chi connectivity index (χ2n) is 2.82. The lowest BCUT2D eigenvalue weighted by atomic mass is 10.2. The highest BCUT2D eigenvalue weighted by Gasteiger charge is 2.38. The van der Waals surface area contributed by atoms with E-state index in [9.17, 15) is 18.0 Å². The number of rotatable bonds is 3. The molecule has 0 aliphatic carbocycles. The van der Waals surface area contributed by atoms with Gasteiger partial charge < -0.3 is 4.74 Å². The van der Waals surface area contributed by atoms with Gasteiger partial charge in [-0.25, -0.2) is 20.6 Å². The van der Waals surface area contributed by atoms with Gasteiger partial charge in [0.15, 0.2) is 5.69 Å². The van der Waals surface area contributed by atoms with Crippen LogP contribution in [0.3, 0.4) is 0 Å². The van der Waals surface area contributed by atoms with Crippen LogP contribution in [-0.4, -0.2) is 22.5 Å². The number of nitrogens with two attached hydrogens (primary N) is 1. The van der Waals surface area contributed by atoms with Crippen LogP contribution in [0, 0.1) is 0 Å². The number of aromatic nitrogens is 2. The highest BCUT2D eigenvalue weighted by molar-refractivity contribution is 5.90. The predicted octanol–water partition coefficient (Wildman–Crippen LogP) is 0.958. The molecule has 0 bridgehead atoms. The molecule has 0 saturated heterocycles. The van der Waals surface area contributed by atoms with Crippen molar-refractivity contribution in [3.63, 3.8) is 0 Å². The molecule has 0 radical (unpaired) electrons. The summed E-state index contributed by atoms with van der Waals surface area (Å²) in [5, 5.41) is 0. The van der Waals surface area contributed by atoms with Crippen molar-refractivity contribution in [3.8, 4) is 0 Å². The number of hydrogen-bond acceptors (Lipinski definition) is 6. The van der Waals surface area contributed by atoms with E-state index in [1.165, 1.54) is 6.92 Å². The average molecular weight is 250 g/mol. The van der Waals surface area contributed by atoms with Gasteiger partial charge in [0.2, 0.25) is 5.95 Å². The van der Waals surface area contributed by atoms with Crippen LogP contribution in [0.25, 0.3) is 0 Å². The third-order valence-electron chi connectivity index (χ3n) is 1.68. The van der Waals surface area contributed by atoms with Crippen molar-refractivity contribution in [1.29, 1.82) is 0 Å². The fourth-order valence-electron chi connectivity index (χ4n) is 1.03. The van der Waals surface area contributed by atoms with Crippen LogP contribution >= 0.6 is 0 Å². The monoisotopic (exact) mass is 250 g/mol. The van der Waals surface area contributed by atoms with Gasteiger partial charge in [-0.2, -0.15) is 13.2 Å². The highest BCUT2D eigenvalue weighted by atomic mass is 19.4. The van der Waals surface area contributed by atoms with Gasteiger partial charge in [0.1, 0.15) is 5.56 Å². The molecule has 1 rings (SSSR count). The summed E-state index contributed by atoms with van der Waals surface area (Å²) in [7, 11) is 0. The van der Waals surface area contributed by atoms with Crippen LogP contribution in [0.1, 0.15) is 23.0 Å². The summed E-state index contributed by atoms with van der Waals surface area (Å²) in [4.78, 5) is 17.8. The van der Waals surface area contributed by atoms with Gasteiger partial charge in [0.05, 0.1) is 6.61 Å². The second kappa shape index (κ2) is 4.95. The quantitative estimate of drug-likeness (QED) is 0.471. The van der Waals surface area contributed by atoms with Crippen molar-refractivity contribution < 1.29 is 22.7 Å². The van der Waals surface area contributed by atoms with Crippen molar-refractivity contribution in [2.45, 2.75) is 13.1 Å². The van der Waals surface area contributed by atoms with Gasteiger partial charge in [0.25, 0.3) is 0 Å². The maximum Gasteiger partial charge on any atom is 0.434 e. The van der Waals surface area contributed by atoms with Gasteiger partial charge in [-0.3, -0.25) is 5.43 Å². The number of carbonyl (C=O) groups is 1. The lowest BCUT2D eigenvalue weighted by Crippen LogP contribution is -2.20. The molecular weight excluding hydrogens is 241 g/mol. The Labute approximate surface area is 94.0 Å². The third-order valence-corrected chi connectivity index (χ3v) is 1.68. The Balaban J connectivity index is 3.25. The van der Waals surface area contributed by atoms with Crippen molar-refractivity contribution in [3.05, 3.63) is 17.5 Å². The van der Waals surface area contributed by atoms with Crippen molar-refractivity contribution in [2.75, 3.05) is 12.0 Å². The summed E-state index contributed by atoms with van der Waals surface area (Å²) in [5.74, 6) is 3.31. The number of esters is 1. The molecule has 1 aromatic heterocycles. The van der Waals surface area contributed by atoms with Gasteiger partial charge in [-0.1, -0.05) is 0 Å². The maximum atomic E-state index is 12.6. The van der Waals surface area contributed by atoms with Crippen LogP contribution in [0.4, 0.5) is 19.1 Å². The molecule has 1 heterocycles. The third kappa shape index (κ3) is 3.03. The number of nitrogen functional groups attached to an aromatic ring is 1. The van der Waals surface area contributed by atoms with Crippen molar-refractivity contribution >= 4 is 11.9 Å². The van der Waals surface area contributed by atoms with E-state index in [1.54, 1.807) is 0 Å². The number of anilines is 1. The molecule has 17 heavy (non-hydrogen) atoms. The zero-order chi connectivity index (χ0) is 13.1. The summed E-state index contributed by atoms with van der Waals surface area (Å²) in [5.41, 5.74) is -0.278. The Hall–Kier alpha value is -1.90. The lowest BCUT2D eigenvalue weighted by Gasteiger charge is -2.11. The number of ether oxygens (including phenoxy) is 1. The van der Waals surface area contributed by atoms with E-state index in [0.29, 0.717) is 6.20 Å². The van der Waals surface area contributed by atoms with Gasteiger partial charge in [-0.15, -0.1) is 0 Å². The largest absolute Gasteiger partial charge is 0.462 e. The molecule has 0 aliphatic rings. The number of halogens is 3. The first-order valence-electron chi connectivity index (χ1n) is 4.48. The van der Waals surface area contributed by atoms with Crippen LogP contribution in [0.15, 0.2) is 6.20 Å². The molecule has 0 aliphatic heterocycles. The smallest absolute Gasteiger partial charge is 0.434 e. The molecular formula is C8H9F3N4O2. The lowest BCUT2D eigenvalue weighted by molar-refractivity contribution is -0.141. The van der Waals surface area contributed by atoms with E-state index in [-0.39, 0.29) is 6.61 Å². The number of nitrogens with zero attached hydrogens (tertiary/aromatic N) is 2. The molecule has 94 valence electrons. The maximum absolute atomic E-state index is 12.6. The minimum absolute atomic E-state index is 0.0486. The molecule has 0 saturated carbocycles. The number of alkyl halides is 3. The number of nitrogens with one attached hydrogen (secondary N) is 1. The topological polar surface area (TPSA) is 90.1 Å². The van der Waals surface area contributed by atoms with E-state index in [0.717, 1.165) is 0 Å². The average Bonchev–Trinajstić information content (AvgIpc) is 2.27. The predicted molar refractivity (Wildman–Crippen MR) is 50.8 cm³/mol. The molecule has 0 spiro atoms. The molecule has 0 amide bonds. The normalized spacial score (nSPS) is 11.1. The molecule has 0 atom stereocenters. The number of hydrazine groups is 1. The van der Waals surface area contributed by atoms with Gasteiger partial charge in [-0.05, 0) is 6.92 Å². The fourth-order valence-corrected chi connectivity index (χ4v) is 1.03. The first-order valence-corrected chi connectivity index (χ1v) is 4.48. The Morgan fingerprint density at radius 2 is 2.24 bits per heavy atom. The van der Waals surface area contributed by atoms with E-state index < -0.39 is 29.4 Å². The summed E-state index contributed by atoms with van der Waals surface area (Å²) < 4.78 is 42.3. The number of hydrogen-bond donors (Lipinski definition) is 2. The summed E-state index contributed by atoms with van der Waals surface area (Å²) in [6.45, 7) is 1.43. The SMILES string of the molecule is CCOC(=O)c1cnc(NN)nc1C(F)(F)F. The Kier molecular flexibility index (Phi) is 3.84. The summed E-state index contributed by atoms with van der Waals surface area (Å²) in [6, 6.07) is 0. The first-order chi connectivity index (χ1) is 7.90. The fraction of sp³-hybridized carbons (Fsp3) is 0.375. The van der Waals surface area contributed by atoms with Crippen LogP contribution < -0.4 is 11.3 Å². The molecule has 0 fully saturated rings. The number of carbonyl (C=O) groups excluding carboxylic acids is 1. The standard InChI is InChI=1S/C8H9F3N4O2/c1-2-17-6(16)4-3-13-7(15-12)14-5(4)8(9,10)11/h3H,2,12H2,1H3,(H,13,14,15). The summed E-state index contributed by atoms with van der Waals surface area (Å²) >= 11 is 0. The Morgan fingerprint density at radius 3 is 2.71 bits per heavy atom. The van der Waals surface area contributed by atoms with Crippen LogP contribution in [0.5, 0.6) is 0 Å². The Bertz CT molecular complexity index is 422. The first kappa shape index (κ1) is 13.2. The van der Waals surface area contributed by atoms with E-state index >= 15 is 0 Å². The molecule has 0 unspecified atom stereocenters. The van der Waals surface area contributed by atoms with Gasteiger partial charge >= 0.3 is 12.1 Å². The minimum Gasteiger partial charge on any atom is -0.462 e. The van der Waals surface area contributed by atoms with E-state index in [1.807, 2.05) is 5.43 Å². The zero-order valence-corrected chi connectivity index (χ0v) is 8.71.